The summed E-state index contributed by atoms with van der Waals surface area (Å²) in [6, 6.07) is 4.88. The van der Waals surface area contributed by atoms with Crippen LogP contribution in [0, 0.1) is 10.1 Å². The van der Waals surface area contributed by atoms with Gasteiger partial charge in [-0.3, -0.25) is 10.1 Å². The van der Waals surface area contributed by atoms with Crippen LogP contribution in [0.2, 0.25) is 0 Å². The lowest BCUT2D eigenvalue weighted by atomic mass is 10.2. The Kier molecular flexibility index (Phi) is 4.32. The molecule has 1 aromatic rings. The summed E-state index contributed by atoms with van der Waals surface area (Å²) in [6.45, 7) is 0.743. The van der Waals surface area contributed by atoms with Gasteiger partial charge in [-0.15, -0.1) is 5.11 Å². The number of hydrogen-bond acceptors (Lipinski definition) is 6. The predicted molar refractivity (Wildman–Crippen MR) is 81.8 cm³/mol. The van der Waals surface area contributed by atoms with Gasteiger partial charge in [0.05, 0.1) is 10.6 Å². The van der Waals surface area contributed by atoms with Crippen LogP contribution in [-0.2, 0) is 0 Å². The molecule has 1 aromatic carbocycles. The standard InChI is InChI=1S/C14H17N5O2/c1-17(2)12-4-5-13(14(10-12)19(20)21)16-15-11-6-8-18(3)9-7-11/h4-8,10H,9H2,1-3H3. The van der Waals surface area contributed by atoms with E-state index in [-0.39, 0.29) is 11.4 Å². The molecule has 0 bridgehead atoms. The second-order valence-corrected chi connectivity index (χ2v) is 4.91. The molecule has 1 heterocycles. The molecule has 1 aliphatic rings. The van der Waals surface area contributed by atoms with Crippen molar-refractivity contribution in [3.8, 4) is 0 Å². The number of likely N-dealkylation sites (N-methyl/N-ethyl adjacent to an activating group) is 1. The SMILES string of the molecule is CN1C=CC(N=Nc2ccc(N(C)C)cc2[N+](=O)[O-])=CC1. The first-order chi connectivity index (χ1) is 9.97. The maximum Gasteiger partial charge on any atom is 0.298 e. The van der Waals surface area contributed by atoms with Crippen molar-refractivity contribution in [2.24, 2.45) is 10.2 Å². The summed E-state index contributed by atoms with van der Waals surface area (Å²) >= 11 is 0. The third-order valence-corrected chi connectivity index (χ3v) is 3.03. The van der Waals surface area contributed by atoms with E-state index in [1.807, 2.05) is 44.4 Å². The molecule has 7 heteroatoms. The summed E-state index contributed by atoms with van der Waals surface area (Å²) in [4.78, 5) is 14.5. The van der Waals surface area contributed by atoms with Gasteiger partial charge in [0.25, 0.3) is 5.69 Å². The van der Waals surface area contributed by atoms with Gasteiger partial charge in [0, 0.05) is 45.6 Å². The molecular weight excluding hydrogens is 270 g/mol. The summed E-state index contributed by atoms with van der Waals surface area (Å²) in [6.07, 6.45) is 5.61. The van der Waals surface area contributed by atoms with E-state index < -0.39 is 4.92 Å². The van der Waals surface area contributed by atoms with Crippen LogP contribution in [0.3, 0.4) is 0 Å². The Balaban J connectivity index is 2.27. The average molecular weight is 287 g/mol. The van der Waals surface area contributed by atoms with Crippen LogP contribution in [0.25, 0.3) is 0 Å². The molecule has 1 aliphatic heterocycles. The third kappa shape index (κ3) is 3.65. The third-order valence-electron chi connectivity index (χ3n) is 3.03. The Morgan fingerprint density at radius 3 is 2.67 bits per heavy atom. The van der Waals surface area contributed by atoms with E-state index in [0.29, 0.717) is 5.70 Å². The van der Waals surface area contributed by atoms with E-state index >= 15 is 0 Å². The lowest BCUT2D eigenvalue weighted by Gasteiger charge is -2.14. The molecule has 0 amide bonds. The first-order valence-electron chi connectivity index (χ1n) is 6.43. The molecule has 0 fully saturated rings. The van der Waals surface area contributed by atoms with Gasteiger partial charge < -0.3 is 9.80 Å². The van der Waals surface area contributed by atoms with Crippen molar-refractivity contribution in [3.05, 3.63) is 52.4 Å². The van der Waals surface area contributed by atoms with E-state index in [9.17, 15) is 10.1 Å². The monoisotopic (exact) mass is 287 g/mol. The Morgan fingerprint density at radius 2 is 2.10 bits per heavy atom. The molecule has 0 radical (unpaired) electrons. The van der Waals surface area contributed by atoms with Crippen molar-refractivity contribution < 1.29 is 4.92 Å². The molecule has 2 rings (SSSR count). The van der Waals surface area contributed by atoms with Crippen molar-refractivity contribution in [3.63, 3.8) is 0 Å². The molecule has 0 saturated carbocycles. The summed E-state index contributed by atoms with van der Waals surface area (Å²) in [5.41, 5.74) is 1.64. The summed E-state index contributed by atoms with van der Waals surface area (Å²) in [7, 11) is 5.61. The summed E-state index contributed by atoms with van der Waals surface area (Å²) in [5.74, 6) is 0. The molecule has 0 N–H and O–H groups in total. The number of nitrogens with zero attached hydrogens (tertiary/aromatic N) is 5. The van der Waals surface area contributed by atoms with Gasteiger partial charge in [-0.25, -0.2) is 0 Å². The van der Waals surface area contributed by atoms with Gasteiger partial charge >= 0.3 is 0 Å². The zero-order valence-corrected chi connectivity index (χ0v) is 12.2. The first kappa shape index (κ1) is 14.7. The molecule has 0 spiro atoms. The highest BCUT2D eigenvalue weighted by molar-refractivity contribution is 5.65. The van der Waals surface area contributed by atoms with Crippen molar-refractivity contribution >= 4 is 17.1 Å². The minimum atomic E-state index is -0.444. The van der Waals surface area contributed by atoms with E-state index in [4.69, 9.17) is 0 Å². The molecular formula is C14H17N5O2. The highest BCUT2D eigenvalue weighted by atomic mass is 16.6. The minimum absolute atomic E-state index is 0.0533. The Labute approximate surface area is 123 Å². The number of benzene rings is 1. The van der Waals surface area contributed by atoms with Crippen LogP contribution >= 0.6 is 0 Å². The fraction of sp³-hybridized carbons (Fsp3) is 0.286. The van der Waals surface area contributed by atoms with E-state index in [2.05, 4.69) is 10.2 Å². The van der Waals surface area contributed by atoms with E-state index in [1.165, 1.54) is 6.07 Å². The fourth-order valence-electron chi connectivity index (χ4n) is 1.78. The van der Waals surface area contributed by atoms with E-state index in [1.54, 1.807) is 17.0 Å². The number of anilines is 1. The Morgan fingerprint density at radius 1 is 1.33 bits per heavy atom. The lowest BCUT2D eigenvalue weighted by Crippen LogP contribution is -2.12. The van der Waals surface area contributed by atoms with Crippen LogP contribution in [0.5, 0.6) is 0 Å². The van der Waals surface area contributed by atoms with Crippen molar-refractivity contribution in [1.82, 2.24) is 4.90 Å². The maximum absolute atomic E-state index is 11.1. The van der Waals surface area contributed by atoms with Crippen molar-refractivity contribution in [1.29, 1.82) is 0 Å². The zero-order valence-electron chi connectivity index (χ0n) is 12.2. The first-order valence-corrected chi connectivity index (χ1v) is 6.43. The topological polar surface area (TPSA) is 74.3 Å². The largest absolute Gasteiger partial charge is 0.377 e. The van der Waals surface area contributed by atoms with Gasteiger partial charge in [-0.05, 0) is 24.3 Å². The van der Waals surface area contributed by atoms with Gasteiger partial charge in [-0.2, -0.15) is 5.11 Å². The number of allylic oxidation sites excluding steroid dienone is 1. The number of azo groups is 1. The molecule has 110 valence electrons. The number of rotatable bonds is 4. The zero-order chi connectivity index (χ0) is 15.4. The van der Waals surface area contributed by atoms with Gasteiger partial charge in [-0.1, -0.05) is 0 Å². The molecule has 21 heavy (non-hydrogen) atoms. The Bertz CT molecular complexity index is 634. The molecule has 0 saturated heterocycles. The normalized spacial score (nSPS) is 14.4. The molecule has 0 aromatic heterocycles. The summed E-state index contributed by atoms with van der Waals surface area (Å²) < 4.78 is 0. The van der Waals surface area contributed by atoms with Crippen molar-refractivity contribution in [2.75, 3.05) is 32.6 Å². The Hall–Kier alpha value is -2.70. The lowest BCUT2D eigenvalue weighted by molar-refractivity contribution is -0.384. The van der Waals surface area contributed by atoms with Crippen LogP contribution in [0.1, 0.15) is 0 Å². The molecule has 7 nitrogen and oxygen atoms in total. The average Bonchev–Trinajstić information content (AvgIpc) is 2.46. The second-order valence-electron chi connectivity index (χ2n) is 4.91. The van der Waals surface area contributed by atoms with Crippen molar-refractivity contribution in [2.45, 2.75) is 0 Å². The number of hydrogen-bond donors (Lipinski definition) is 0. The summed E-state index contributed by atoms with van der Waals surface area (Å²) in [5, 5.41) is 19.2. The quantitative estimate of drug-likeness (QED) is 0.484. The smallest absolute Gasteiger partial charge is 0.298 e. The van der Waals surface area contributed by atoms with Crippen LogP contribution in [0.4, 0.5) is 17.1 Å². The molecule has 0 unspecified atom stereocenters. The number of nitro benzene ring substituents is 1. The second kappa shape index (κ2) is 6.17. The van der Waals surface area contributed by atoms with Gasteiger partial charge in [0.2, 0.25) is 0 Å². The molecule has 0 atom stereocenters. The van der Waals surface area contributed by atoms with Gasteiger partial charge in [0.15, 0.2) is 5.69 Å². The van der Waals surface area contributed by atoms with E-state index in [0.717, 1.165) is 12.2 Å². The maximum atomic E-state index is 11.1. The molecule has 0 aliphatic carbocycles. The fourth-order valence-corrected chi connectivity index (χ4v) is 1.78. The van der Waals surface area contributed by atoms with Crippen LogP contribution in [0.15, 0.2) is 52.5 Å². The van der Waals surface area contributed by atoms with Gasteiger partial charge in [0.1, 0.15) is 0 Å². The highest BCUT2D eigenvalue weighted by Crippen LogP contribution is 2.32. The number of nitro groups is 1. The highest BCUT2D eigenvalue weighted by Gasteiger charge is 2.15. The van der Waals surface area contributed by atoms with Crippen LogP contribution in [-0.4, -0.2) is 37.5 Å². The predicted octanol–water partition coefficient (Wildman–Crippen LogP) is 3.09. The minimum Gasteiger partial charge on any atom is -0.377 e. The van der Waals surface area contributed by atoms with Crippen LogP contribution < -0.4 is 4.90 Å².